The number of fused-ring (bicyclic) bond motifs is 1. The van der Waals surface area contributed by atoms with E-state index in [0.29, 0.717) is 10.8 Å². The summed E-state index contributed by atoms with van der Waals surface area (Å²) in [5.74, 6) is 1.51. The maximum atomic E-state index is 5.91. The molecule has 0 radical (unpaired) electrons. The van der Waals surface area contributed by atoms with Crippen LogP contribution in [0.25, 0.3) is 17.0 Å². The molecule has 0 spiro atoms. The summed E-state index contributed by atoms with van der Waals surface area (Å²) in [5.41, 5.74) is 1.66. The molecule has 3 rings (SSSR count). The van der Waals surface area contributed by atoms with Crippen LogP contribution in [0.1, 0.15) is 5.82 Å². The van der Waals surface area contributed by atoms with Crippen LogP contribution in [0.4, 0.5) is 0 Å². The van der Waals surface area contributed by atoms with Crippen LogP contribution in [-0.4, -0.2) is 19.6 Å². The minimum Gasteiger partial charge on any atom is -0.263 e. The van der Waals surface area contributed by atoms with Crippen LogP contribution in [0.5, 0.6) is 0 Å². The zero-order valence-electron chi connectivity index (χ0n) is 9.43. The fourth-order valence-corrected chi connectivity index (χ4v) is 2.55. The average Bonchev–Trinajstić information content (AvgIpc) is 2.73. The summed E-state index contributed by atoms with van der Waals surface area (Å²) in [6.45, 7) is 1.88. The number of aryl methyl sites for hydroxylation is 1. The van der Waals surface area contributed by atoms with Gasteiger partial charge in [0.05, 0.1) is 0 Å². The Kier molecular flexibility index (Phi) is 2.80. The predicted molar refractivity (Wildman–Crippen MR) is 73.7 cm³/mol. The largest absolute Gasteiger partial charge is 0.263 e. The maximum Gasteiger partial charge on any atom is 0.170 e. The van der Waals surface area contributed by atoms with Crippen molar-refractivity contribution in [3.63, 3.8) is 0 Å². The highest BCUT2D eigenvalue weighted by atomic mass is 79.9. The topological polar surface area (TPSA) is 43.1 Å². The van der Waals surface area contributed by atoms with Gasteiger partial charge in [0.15, 0.2) is 11.5 Å². The first-order valence-corrected chi connectivity index (χ1v) is 6.47. The average molecular weight is 324 g/mol. The highest BCUT2D eigenvalue weighted by Crippen LogP contribution is 2.27. The Balaban J connectivity index is 2.35. The lowest BCUT2D eigenvalue weighted by atomic mass is 10.2. The molecular formula is C12H8BrClN4. The van der Waals surface area contributed by atoms with Gasteiger partial charge in [-0.05, 0) is 13.0 Å². The molecule has 0 saturated carbocycles. The van der Waals surface area contributed by atoms with Gasteiger partial charge in [0.2, 0.25) is 0 Å². The standard InChI is InChI=1S/C12H8BrClN4/c1-7-15-10(14)6-11-16-17-12(18(7)11)8-4-2-3-5-9(8)13/h2-6H,1H3. The normalized spacial score (nSPS) is 11.1. The SMILES string of the molecule is Cc1nc(Cl)cc2nnc(-c3ccccc3Br)n12. The van der Waals surface area contributed by atoms with E-state index >= 15 is 0 Å². The van der Waals surface area contributed by atoms with E-state index in [2.05, 4.69) is 31.1 Å². The lowest BCUT2D eigenvalue weighted by molar-refractivity contribution is 0.988. The minimum atomic E-state index is 0.422. The molecule has 0 aliphatic carbocycles. The van der Waals surface area contributed by atoms with E-state index in [0.717, 1.165) is 21.7 Å². The second-order valence-electron chi connectivity index (χ2n) is 3.82. The zero-order valence-corrected chi connectivity index (χ0v) is 11.8. The van der Waals surface area contributed by atoms with E-state index in [1.54, 1.807) is 6.07 Å². The molecule has 6 heteroatoms. The van der Waals surface area contributed by atoms with Crippen molar-refractivity contribution < 1.29 is 0 Å². The number of benzene rings is 1. The summed E-state index contributed by atoms with van der Waals surface area (Å²) >= 11 is 9.42. The van der Waals surface area contributed by atoms with Crippen molar-refractivity contribution in [3.8, 4) is 11.4 Å². The third-order valence-electron chi connectivity index (χ3n) is 2.64. The Morgan fingerprint density at radius 2 is 2.00 bits per heavy atom. The second-order valence-corrected chi connectivity index (χ2v) is 5.06. The van der Waals surface area contributed by atoms with Crippen LogP contribution in [0.3, 0.4) is 0 Å². The Labute approximate surface area is 117 Å². The zero-order chi connectivity index (χ0) is 12.7. The molecule has 2 aromatic heterocycles. The molecular weight excluding hydrogens is 316 g/mol. The van der Waals surface area contributed by atoms with E-state index in [4.69, 9.17) is 11.6 Å². The van der Waals surface area contributed by atoms with E-state index in [1.165, 1.54) is 0 Å². The van der Waals surface area contributed by atoms with Gasteiger partial charge in [0.25, 0.3) is 0 Å². The van der Waals surface area contributed by atoms with Crippen LogP contribution in [0.2, 0.25) is 5.15 Å². The molecule has 0 saturated heterocycles. The summed E-state index contributed by atoms with van der Waals surface area (Å²) < 4.78 is 2.85. The third-order valence-corrected chi connectivity index (χ3v) is 3.53. The van der Waals surface area contributed by atoms with Gasteiger partial charge in [-0.15, -0.1) is 10.2 Å². The fourth-order valence-electron chi connectivity index (χ4n) is 1.87. The molecule has 1 aromatic carbocycles. The summed E-state index contributed by atoms with van der Waals surface area (Å²) in [6, 6.07) is 9.56. The van der Waals surface area contributed by atoms with Crippen molar-refractivity contribution in [2.45, 2.75) is 6.92 Å². The van der Waals surface area contributed by atoms with Crippen molar-refractivity contribution in [3.05, 3.63) is 45.8 Å². The number of rotatable bonds is 1. The first-order chi connectivity index (χ1) is 8.66. The smallest absolute Gasteiger partial charge is 0.170 e. The summed E-state index contributed by atoms with van der Waals surface area (Å²) in [6.07, 6.45) is 0. The fraction of sp³-hybridized carbons (Fsp3) is 0.0833. The number of aromatic nitrogens is 4. The van der Waals surface area contributed by atoms with Crippen LogP contribution in [0.15, 0.2) is 34.8 Å². The number of hydrogen-bond donors (Lipinski definition) is 0. The highest BCUT2D eigenvalue weighted by Gasteiger charge is 2.13. The molecule has 2 heterocycles. The number of hydrogen-bond acceptors (Lipinski definition) is 3. The lowest BCUT2D eigenvalue weighted by Gasteiger charge is -2.05. The molecule has 90 valence electrons. The Morgan fingerprint density at radius 1 is 1.22 bits per heavy atom. The molecule has 18 heavy (non-hydrogen) atoms. The van der Waals surface area contributed by atoms with Crippen molar-refractivity contribution in [1.82, 2.24) is 19.6 Å². The summed E-state index contributed by atoms with van der Waals surface area (Å²) in [5, 5.41) is 8.76. The number of halogens is 2. The van der Waals surface area contributed by atoms with Crippen LogP contribution >= 0.6 is 27.5 Å². The van der Waals surface area contributed by atoms with Crippen molar-refractivity contribution in [2.24, 2.45) is 0 Å². The van der Waals surface area contributed by atoms with Crippen LogP contribution in [-0.2, 0) is 0 Å². The molecule has 0 amide bonds. The van der Waals surface area contributed by atoms with E-state index < -0.39 is 0 Å². The van der Waals surface area contributed by atoms with Gasteiger partial charge >= 0.3 is 0 Å². The summed E-state index contributed by atoms with van der Waals surface area (Å²) in [4.78, 5) is 4.22. The molecule has 0 N–H and O–H groups in total. The quantitative estimate of drug-likeness (QED) is 0.644. The van der Waals surface area contributed by atoms with Gasteiger partial charge in [-0.1, -0.05) is 45.7 Å². The molecule has 0 fully saturated rings. The molecule has 0 atom stereocenters. The van der Waals surface area contributed by atoms with E-state index in [-0.39, 0.29) is 0 Å². The molecule has 0 unspecified atom stereocenters. The third kappa shape index (κ3) is 1.79. The van der Waals surface area contributed by atoms with E-state index in [1.807, 2.05) is 35.6 Å². The van der Waals surface area contributed by atoms with Gasteiger partial charge < -0.3 is 0 Å². The van der Waals surface area contributed by atoms with E-state index in [9.17, 15) is 0 Å². The van der Waals surface area contributed by atoms with Gasteiger partial charge in [-0.2, -0.15) is 0 Å². The summed E-state index contributed by atoms with van der Waals surface area (Å²) in [7, 11) is 0. The van der Waals surface area contributed by atoms with Crippen molar-refractivity contribution in [2.75, 3.05) is 0 Å². The van der Waals surface area contributed by atoms with Gasteiger partial charge in [-0.3, -0.25) is 4.40 Å². The Bertz CT molecular complexity index is 738. The highest BCUT2D eigenvalue weighted by molar-refractivity contribution is 9.10. The minimum absolute atomic E-state index is 0.422. The molecule has 4 nitrogen and oxygen atoms in total. The Hall–Kier alpha value is -1.46. The Morgan fingerprint density at radius 3 is 2.78 bits per heavy atom. The van der Waals surface area contributed by atoms with Crippen molar-refractivity contribution in [1.29, 1.82) is 0 Å². The first kappa shape index (κ1) is 11.6. The van der Waals surface area contributed by atoms with Crippen molar-refractivity contribution >= 4 is 33.2 Å². The molecule has 0 aliphatic heterocycles. The maximum absolute atomic E-state index is 5.91. The first-order valence-electron chi connectivity index (χ1n) is 5.30. The van der Waals surface area contributed by atoms with Gasteiger partial charge in [0.1, 0.15) is 11.0 Å². The van der Waals surface area contributed by atoms with Crippen LogP contribution < -0.4 is 0 Å². The van der Waals surface area contributed by atoms with Gasteiger partial charge in [-0.25, -0.2) is 4.98 Å². The molecule has 0 bridgehead atoms. The van der Waals surface area contributed by atoms with Crippen LogP contribution in [0, 0.1) is 6.92 Å². The lowest BCUT2D eigenvalue weighted by Crippen LogP contribution is -1.98. The predicted octanol–water partition coefficient (Wildman–Crippen LogP) is 3.52. The number of nitrogens with zero attached hydrogens (tertiary/aromatic N) is 4. The second kappa shape index (κ2) is 4.33. The molecule has 0 aliphatic rings. The van der Waals surface area contributed by atoms with Gasteiger partial charge in [0, 0.05) is 16.1 Å². The molecule has 3 aromatic rings. The monoisotopic (exact) mass is 322 g/mol.